The van der Waals surface area contributed by atoms with E-state index in [1.807, 2.05) is 18.2 Å². The molecule has 0 spiro atoms. The second-order valence-electron chi connectivity index (χ2n) is 5.02. The van der Waals surface area contributed by atoms with E-state index in [1.54, 1.807) is 14.2 Å². The van der Waals surface area contributed by atoms with Crippen LogP contribution >= 0.6 is 0 Å². The monoisotopic (exact) mass is 277 g/mol. The minimum absolute atomic E-state index is 0.0620. The summed E-state index contributed by atoms with van der Waals surface area (Å²) in [6, 6.07) is 8.08. The molecule has 2 unspecified atom stereocenters. The lowest BCUT2D eigenvalue weighted by molar-refractivity contribution is -0.127. The molecule has 2 rings (SSSR count). The molecule has 0 bridgehead atoms. The van der Waals surface area contributed by atoms with Crippen molar-refractivity contribution >= 4 is 5.91 Å². The van der Waals surface area contributed by atoms with Crippen molar-refractivity contribution in [2.24, 2.45) is 0 Å². The molecule has 1 saturated heterocycles. The Morgan fingerprint density at radius 2 is 2.35 bits per heavy atom. The Labute approximate surface area is 120 Å². The van der Waals surface area contributed by atoms with Crippen molar-refractivity contribution in [3.05, 3.63) is 29.8 Å². The number of methoxy groups -OCH3 is 1. The maximum absolute atomic E-state index is 12.0. The van der Waals surface area contributed by atoms with Crippen molar-refractivity contribution in [2.45, 2.75) is 19.0 Å². The van der Waals surface area contributed by atoms with Crippen LogP contribution in [0.4, 0.5) is 0 Å². The third-order valence-electron chi connectivity index (χ3n) is 3.91. The number of carbonyl (C=O) groups is 1. The summed E-state index contributed by atoms with van der Waals surface area (Å²) >= 11 is 0. The highest BCUT2D eigenvalue weighted by Crippen LogP contribution is 2.26. The zero-order valence-corrected chi connectivity index (χ0v) is 12.3. The number of rotatable bonds is 4. The minimum atomic E-state index is -0.130. The van der Waals surface area contributed by atoms with E-state index < -0.39 is 0 Å². The number of hydrogen-bond acceptors (Lipinski definition) is 4. The zero-order chi connectivity index (χ0) is 14.5. The first-order valence-electron chi connectivity index (χ1n) is 6.99. The van der Waals surface area contributed by atoms with E-state index in [0.717, 1.165) is 18.8 Å². The van der Waals surface area contributed by atoms with Crippen molar-refractivity contribution in [1.82, 2.24) is 15.5 Å². The summed E-state index contributed by atoms with van der Waals surface area (Å²) in [5, 5.41) is 6.03. The molecule has 1 heterocycles. The summed E-state index contributed by atoms with van der Waals surface area (Å²) in [4.78, 5) is 14.3. The molecule has 1 amide bonds. The van der Waals surface area contributed by atoms with Gasteiger partial charge in [0.2, 0.25) is 5.91 Å². The Morgan fingerprint density at radius 1 is 1.55 bits per heavy atom. The molecule has 5 nitrogen and oxygen atoms in total. The normalized spacial score (nSPS) is 21.2. The first-order chi connectivity index (χ1) is 9.67. The molecule has 1 aromatic rings. The highest BCUT2D eigenvalue weighted by atomic mass is 16.5. The summed E-state index contributed by atoms with van der Waals surface area (Å²) in [6.45, 7) is 4.59. The fraction of sp³-hybridized carbons (Fsp3) is 0.533. The molecule has 1 aliphatic heterocycles. The molecule has 1 aromatic carbocycles. The molecule has 110 valence electrons. The standard InChI is InChI=1S/C15H23N3O2/c1-11(12-5-4-6-13(9-12)20-3)18-8-7-17-10-14(18)15(19)16-2/h4-6,9,11,14,17H,7-8,10H2,1-3H3,(H,16,19). The maximum Gasteiger partial charge on any atom is 0.238 e. The molecule has 0 aliphatic carbocycles. The second kappa shape index (κ2) is 6.72. The number of nitrogens with one attached hydrogen (secondary N) is 2. The van der Waals surface area contributed by atoms with E-state index in [1.165, 1.54) is 5.56 Å². The molecule has 2 N–H and O–H groups in total. The number of benzene rings is 1. The Bertz CT molecular complexity index is 464. The number of piperazine rings is 1. The molecule has 1 fully saturated rings. The summed E-state index contributed by atoms with van der Waals surface area (Å²) in [5.41, 5.74) is 1.17. The smallest absolute Gasteiger partial charge is 0.238 e. The van der Waals surface area contributed by atoms with Crippen LogP contribution in [-0.4, -0.2) is 50.6 Å². The predicted octanol–water partition coefficient (Wildman–Crippen LogP) is 0.776. The molecule has 0 saturated carbocycles. The van der Waals surface area contributed by atoms with E-state index in [-0.39, 0.29) is 18.0 Å². The van der Waals surface area contributed by atoms with Gasteiger partial charge in [-0.3, -0.25) is 9.69 Å². The number of nitrogens with zero attached hydrogens (tertiary/aromatic N) is 1. The van der Waals surface area contributed by atoms with Crippen molar-refractivity contribution in [2.75, 3.05) is 33.8 Å². The molecule has 0 radical (unpaired) electrons. The van der Waals surface area contributed by atoms with Gasteiger partial charge in [0.25, 0.3) is 0 Å². The van der Waals surface area contributed by atoms with Gasteiger partial charge in [-0.2, -0.15) is 0 Å². The van der Waals surface area contributed by atoms with E-state index in [9.17, 15) is 4.79 Å². The van der Waals surface area contributed by atoms with E-state index in [0.29, 0.717) is 6.54 Å². The van der Waals surface area contributed by atoms with Crippen LogP contribution in [0.1, 0.15) is 18.5 Å². The van der Waals surface area contributed by atoms with Gasteiger partial charge < -0.3 is 15.4 Å². The second-order valence-corrected chi connectivity index (χ2v) is 5.02. The van der Waals surface area contributed by atoms with Crippen LogP contribution in [0.15, 0.2) is 24.3 Å². The summed E-state index contributed by atoms with van der Waals surface area (Å²) in [6.07, 6.45) is 0. The number of amides is 1. The lowest BCUT2D eigenvalue weighted by Crippen LogP contribution is -2.57. The lowest BCUT2D eigenvalue weighted by atomic mass is 10.0. The highest BCUT2D eigenvalue weighted by molar-refractivity contribution is 5.81. The van der Waals surface area contributed by atoms with E-state index in [2.05, 4.69) is 28.5 Å². The van der Waals surface area contributed by atoms with Gasteiger partial charge in [0.1, 0.15) is 11.8 Å². The molecule has 20 heavy (non-hydrogen) atoms. The van der Waals surface area contributed by atoms with Crippen molar-refractivity contribution < 1.29 is 9.53 Å². The predicted molar refractivity (Wildman–Crippen MR) is 78.8 cm³/mol. The third kappa shape index (κ3) is 3.11. The van der Waals surface area contributed by atoms with Crippen molar-refractivity contribution in [1.29, 1.82) is 0 Å². The SMILES string of the molecule is CNC(=O)C1CNCCN1C(C)c1cccc(OC)c1. The van der Waals surface area contributed by atoms with Gasteiger partial charge in [0.15, 0.2) is 0 Å². The van der Waals surface area contributed by atoms with E-state index in [4.69, 9.17) is 4.74 Å². The van der Waals surface area contributed by atoms with Crippen LogP contribution < -0.4 is 15.4 Å². The van der Waals surface area contributed by atoms with Gasteiger partial charge in [-0.1, -0.05) is 12.1 Å². The van der Waals surface area contributed by atoms with Crippen LogP contribution in [0.2, 0.25) is 0 Å². The number of ether oxygens (including phenoxy) is 1. The first-order valence-corrected chi connectivity index (χ1v) is 6.99. The maximum atomic E-state index is 12.0. The Morgan fingerprint density at radius 3 is 3.05 bits per heavy atom. The fourth-order valence-electron chi connectivity index (χ4n) is 2.69. The average molecular weight is 277 g/mol. The number of carbonyl (C=O) groups excluding carboxylic acids is 1. The zero-order valence-electron chi connectivity index (χ0n) is 12.3. The average Bonchev–Trinajstić information content (AvgIpc) is 2.53. The number of likely N-dealkylation sites (N-methyl/N-ethyl adjacent to an activating group) is 1. The quantitative estimate of drug-likeness (QED) is 0.854. The summed E-state index contributed by atoms with van der Waals surface area (Å²) in [7, 11) is 3.35. The summed E-state index contributed by atoms with van der Waals surface area (Å²) < 4.78 is 5.28. The fourth-order valence-corrected chi connectivity index (χ4v) is 2.69. The van der Waals surface area contributed by atoms with Gasteiger partial charge in [0, 0.05) is 32.7 Å². The molecular weight excluding hydrogens is 254 g/mol. The molecule has 2 atom stereocenters. The van der Waals surface area contributed by atoms with Crippen LogP contribution in [0.25, 0.3) is 0 Å². The van der Waals surface area contributed by atoms with Gasteiger partial charge in [0.05, 0.1) is 7.11 Å². The highest BCUT2D eigenvalue weighted by Gasteiger charge is 2.31. The van der Waals surface area contributed by atoms with Gasteiger partial charge >= 0.3 is 0 Å². The van der Waals surface area contributed by atoms with Crippen molar-refractivity contribution in [3.63, 3.8) is 0 Å². The van der Waals surface area contributed by atoms with Crippen LogP contribution in [0.3, 0.4) is 0 Å². The van der Waals surface area contributed by atoms with Gasteiger partial charge in [-0.05, 0) is 24.6 Å². The largest absolute Gasteiger partial charge is 0.497 e. The van der Waals surface area contributed by atoms with Crippen LogP contribution in [-0.2, 0) is 4.79 Å². The number of hydrogen-bond donors (Lipinski definition) is 2. The molecular formula is C15H23N3O2. The topological polar surface area (TPSA) is 53.6 Å². The lowest BCUT2D eigenvalue weighted by Gasteiger charge is -2.39. The minimum Gasteiger partial charge on any atom is -0.497 e. The Hall–Kier alpha value is -1.59. The van der Waals surface area contributed by atoms with E-state index >= 15 is 0 Å². The summed E-state index contributed by atoms with van der Waals surface area (Å²) in [5.74, 6) is 0.910. The Balaban J connectivity index is 2.20. The van der Waals surface area contributed by atoms with Crippen LogP contribution in [0, 0.1) is 0 Å². The van der Waals surface area contributed by atoms with Gasteiger partial charge in [-0.25, -0.2) is 0 Å². The molecule has 1 aliphatic rings. The molecule has 5 heteroatoms. The van der Waals surface area contributed by atoms with Crippen molar-refractivity contribution in [3.8, 4) is 5.75 Å². The van der Waals surface area contributed by atoms with Gasteiger partial charge in [-0.15, -0.1) is 0 Å². The third-order valence-corrected chi connectivity index (χ3v) is 3.91. The van der Waals surface area contributed by atoms with Crippen LogP contribution in [0.5, 0.6) is 5.75 Å². The Kier molecular flexibility index (Phi) is 4.98. The first kappa shape index (κ1) is 14.8. The molecule has 0 aromatic heterocycles.